The molecule has 0 aliphatic carbocycles. The van der Waals surface area contributed by atoms with Crippen molar-refractivity contribution in [2.75, 3.05) is 26.2 Å². The van der Waals surface area contributed by atoms with Gasteiger partial charge in [-0.15, -0.1) is 0 Å². The highest BCUT2D eigenvalue weighted by atomic mass is 16.2. The Hall–Kier alpha value is -0.770. The van der Waals surface area contributed by atoms with Gasteiger partial charge in [0.05, 0.1) is 0 Å². The summed E-state index contributed by atoms with van der Waals surface area (Å²) < 4.78 is 0. The first-order valence-electron chi connectivity index (χ1n) is 5.33. The van der Waals surface area contributed by atoms with Gasteiger partial charge in [-0.25, -0.2) is 4.79 Å². The first-order chi connectivity index (χ1) is 6.55. The Morgan fingerprint density at radius 1 is 1.57 bits per heavy atom. The van der Waals surface area contributed by atoms with Crippen molar-refractivity contribution in [2.24, 2.45) is 0 Å². The van der Waals surface area contributed by atoms with Crippen molar-refractivity contribution in [1.82, 2.24) is 15.5 Å². The standard InChI is InChI=1S/C10H21N3O/c1-4-10(2,3)12-6-8-13-7-5-11-9(13)14/h12H,4-8H2,1-3H3,(H,11,14). The topological polar surface area (TPSA) is 44.4 Å². The van der Waals surface area contributed by atoms with Gasteiger partial charge >= 0.3 is 6.03 Å². The van der Waals surface area contributed by atoms with E-state index >= 15 is 0 Å². The van der Waals surface area contributed by atoms with E-state index in [1.165, 1.54) is 0 Å². The lowest BCUT2D eigenvalue weighted by Crippen LogP contribution is -2.43. The summed E-state index contributed by atoms with van der Waals surface area (Å²) in [6.07, 6.45) is 1.10. The Morgan fingerprint density at radius 3 is 2.79 bits per heavy atom. The van der Waals surface area contributed by atoms with Crippen molar-refractivity contribution < 1.29 is 4.79 Å². The summed E-state index contributed by atoms with van der Waals surface area (Å²) in [4.78, 5) is 13.0. The molecule has 0 radical (unpaired) electrons. The third kappa shape index (κ3) is 3.18. The summed E-state index contributed by atoms with van der Waals surface area (Å²) in [6.45, 7) is 9.82. The molecule has 2 N–H and O–H groups in total. The minimum atomic E-state index is 0.0705. The lowest BCUT2D eigenvalue weighted by Gasteiger charge is -2.26. The Balaban J connectivity index is 2.18. The van der Waals surface area contributed by atoms with Crippen LogP contribution in [0.25, 0.3) is 0 Å². The molecule has 0 aromatic heterocycles. The van der Waals surface area contributed by atoms with Gasteiger partial charge in [-0.1, -0.05) is 6.92 Å². The number of urea groups is 1. The van der Waals surface area contributed by atoms with Crippen LogP contribution in [-0.2, 0) is 0 Å². The van der Waals surface area contributed by atoms with Crippen LogP contribution in [0.1, 0.15) is 27.2 Å². The number of hydrogen-bond donors (Lipinski definition) is 2. The van der Waals surface area contributed by atoms with Crippen LogP contribution in [0.5, 0.6) is 0 Å². The van der Waals surface area contributed by atoms with E-state index < -0.39 is 0 Å². The lowest BCUT2D eigenvalue weighted by molar-refractivity contribution is 0.215. The van der Waals surface area contributed by atoms with Crippen LogP contribution in [0.15, 0.2) is 0 Å². The zero-order chi connectivity index (χ0) is 10.6. The molecule has 0 atom stereocenters. The fraction of sp³-hybridized carbons (Fsp3) is 0.900. The van der Waals surface area contributed by atoms with Crippen LogP contribution in [-0.4, -0.2) is 42.6 Å². The van der Waals surface area contributed by atoms with Crippen molar-refractivity contribution >= 4 is 6.03 Å². The summed E-state index contributed by atoms with van der Waals surface area (Å²) in [6, 6.07) is 0.0705. The Bertz CT molecular complexity index is 204. The van der Waals surface area contributed by atoms with Crippen LogP contribution in [0.2, 0.25) is 0 Å². The monoisotopic (exact) mass is 199 g/mol. The second kappa shape index (κ2) is 4.64. The molecular formula is C10H21N3O. The molecule has 1 rings (SSSR count). The number of rotatable bonds is 5. The van der Waals surface area contributed by atoms with Crippen molar-refractivity contribution in [3.63, 3.8) is 0 Å². The zero-order valence-corrected chi connectivity index (χ0v) is 9.39. The second-order valence-corrected chi connectivity index (χ2v) is 4.38. The Morgan fingerprint density at radius 2 is 2.29 bits per heavy atom. The molecule has 0 aromatic carbocycles. The lowest BCUT2D eigenvalue weighted by atomic mass is 10.0. The smallest absolute Gasteiger partial charge is 0.317 e. The van der Waals surface area contributed by atoms with E-state index in [-0.39, 0.29) is 11.6 Å². The highest BCUT2D eigenvalue weighted by Gasteiger charge is 2.20. The van der Waals surface area contributed by atoms with Gasteiger partial charge in [-0.2, -0.15) is 0 Å². The fourth-order valence-electron chi connectivity index (χ4n) is 1.38. The molecule has 0 aromatic rings. The number of carbonyl (C=O) groups excluding carboxylic acids is 1. The molecule has 1 saturated heterocycles. The van der Waals surface area contributed by atoms with Gasteiger partial charge in [0.15, 0.2) is 0 Å². The van der Waals surface area contributed by atoms with Gasteiger partial charge < -0.3 is 15.5 Å². The van der Waals surface area contributed by atoms with Gasteiger partial charge in [0, 0.05) is 31.7 Å². The first-order valence-corrected chi connectivity index (χ1v) is 5.33. The quantitative estimate of drug-likeness (QED) is 0.687. The van der Waals surface area contributed by atoms with Crippen LogP contribution < -0.4 is 10.6 Å². The molecule has 1 aliphatic rings. The zero-order valence-electron chi connectivity index (χ0n) is 9.39. The number of carbonyl (C=O) groups is 1. The van der Waals surface area contributed by atoms with Crippen LogP contribution >= 0.6 is 0 Å². The fourth-order valence-corrected chi connectivity index (χ4v) is 1.38. The maximum Gasteiger partial charge on any atom is 0.317 e. The van der Waals surface area contributed by atoms with Crippen molar-refractivity contribution in [3.05, 3.63) is 0 Å². The minimum absolute atomic E-state index is 0.0705. The summed E-state index contributed by atoms with van der Waals surface area (Å²) in [5, 5.41) is 6.22. The molecule has 0 bridgehead atoms. The van der Waals surface area contributed by atoms with E-state index in [0.29, 0.717) is 0 Å². The molecule has 82 valence electrons. The average molecular weight is 199 g/mol. The van der Waals surface area contributed by atoms with E-state index in [9.17, 15) is 4.79 Å². The largest absolute Gasteiger partial charge is 0.336 e. The van der Waals surface area contributed by atoms with Gasteiger partial charge in [0.2, 0.25) is 0 Å². The van der Waals surface area contributed by atoms with E-state index in [1.807, 2.05) is 4.90 Å². The average Bonchev–Trinajstić information content (AvgIpc) is 2.52. The number of amides is 2. The summed E-state index contributed by atoms with van der Waals surface area (Å²) >= 11 is 0. The summed E-state index contributed by atoms with van der Waals surface area (Å²) in [7, 11) is 0. The van der Waals surface area contributed by atoms with Gasteiger partial charge in [0.1, 0.15) is 0 Å². The molecule has 4 nitrogen and oxygen atoms in total. The van der Waals surface area contributed by atoms with Crippen molar-refractivity contribution in [1.29, 1.82) is 0 Å². The SMILES string of the molecule is CCC(C)(C)NCCN1CCNC1=O. The summed E-state index contributed by atoms with van der Waals surface area (Å²) in [5.74, 6) is 0. The Labute approximate surface area is 86.0 Å². The van der Waals surface area contributed by atoms with Gasteiger partial charge in [0.25, 0.3) is 0 Å². The first kappa shape index (κ1) is 11.3. The molecule has 1 fully saturated rings. The molecule has 1 aliphatic heterocycles. The third-order valence-corrected chi connectivity index (χ3v) is 2.81. The van der Waals surface area contributed by atoms with Crippen molar-refractivity contribution in [3.8, 4) is 0 Å². The van der Waals surface area contributed by atoms with Crippen LogP contribution in [0.3, 0.4) is 0 Å². The van der Waals surface area contributed by atoms with E-state index in [2.05, 4.69) is 31.4 Å². The minimum Gasteiger partial charge on any atom is -0.336 e. The number of hydrogen-bond acceptors (Lipinski definition) is 2. The molecule has 0 spiro atoms. The van der Waals surface area contributed by atoms with E-state index in [4.69, 9.17) is 0 Å². The van der Waals surface area contributed by atoms with Crippen molar-refractivity contribution in [2.45, 2.75) is 32.7 Å². The Kier molecular flexibility index (Phi) is 3.75. The maximum absolute atomic E-state index is 11.2. The molecule has 14 heavy (non-hydrogen) atoms. The molecular weight excluding hydrogens is 178 g/mol. The van der Waals surface area contributed by atoms with E-state index in [0.717, 1.165) is 32.6 Å². The van der Waals surface area contributed by atoms with Crippen LogP contribution in [0.4, 0.5) is 4.79 Å². The second-order valence-electron chi connectivity index (χ2n) is 4.38. The van der Waals surface area contributed by atoms with Gasteiger partial charge in [-0.3, -0.25) is 0 Å². The highest BCUT2D eigenvalue weighted by molar-refractivity contribution is 5.76. The third-order valence-electron chi connectivity index (χ3n) is 2.81. The molecule has 2 amide bonds. The molecule has 0 unspecified atom stereocenters. The molecule has 4 heteroatoms. The number of nitrogens with one attached hydrogen (secondary N) is 2. The molecule has 0 saturated carbocycles. The highest BCUT2D eigenvalue weighted by Crippen LogP contribution is 2.06. The van der Waals surface area contributed by atoms with Crippen LogP contribution in [0, 0.1) is 0 Å². The molecule has 1 heterocycles. The van der Waals surface area contributed by atoms with Gasteiger partial charge in [-0.05, 0) is 20.3 Å². The van der Waals surface area contributed by atoms with E-state index in [1.54, 1.807) is 0 Å². The predicted octanol–water partition coefficient (Wildman–Crippen LogP) is 0.790. The predicted molar refractivity (Wildman–Crippen MR) is 57.3 cm³/mol. The summed E-state index contributed by atoms with van der Waals surface area (Å²) in [5.41, 5.74) is 0.177. The normalized spacial score (nSPS) is 17.4. The number of nitrogens with zero attached hydrogens (tertiary/aromatic N) is 1. The maximum atomic E-state index is 11.2.